The number of rotatable bonds is 2. The molecule has 0 atom stereocenters. The summed E-state index contributed by atoms with van der Waals surface area (Å²) < 4.78 is 6.77. The summed E-state index contributed by atoms with van der Waals surface area (Å²) in [5, 5.41) is 13.1. The Morgan fingerprint density at radius 1 is 1.38 bits per heavy atom. The van der Waals surface area contributed by atoms with Gasteiger partial charge in [0, 0.05) is 4.47 Å². The van der Waals surface area contributed by atoms with Crippen molar-refractivity contribution in [3.8, 4) is 11.5 Å². The molecule has 4 heteroatoms. The standard InChI is InChI=1S/C12H16BrNO2/c1-12(4-6-14-7-5-12)16-11-3-2-9(13)8-10(11)15/h2-3,8,14-15H,4-7H2,1H3. The highest BCUT2D eigenvalue weighted by molar-refractivity contribution is 9.10. The fourth-order valence-corrected chi connectivity index (χ4v) is 2.25. The average molecular weight is 286 g/mol. The summed E-state index contributed by atoms with van der Waals surface area (Å²) >= 11 is 3.31. The van der Waals surface area contributed by atoms with Gasteiger partial charge in [0.25, 0.3) is 0 Å². The summed E-state index contributed by atoms with van der Waals surface area (Å²) in [6.07, 6.45) is 1.92. The Balaban J connectivity index is 2.13. The van der Waals surface area contributed by atoms with E-state index in [1.807, 2.05) is 6.07 Å². The van der Waals surface area contributed by atoms with Crippen LogP contribution in [0.25, 0.3) is 0 Å². The minimum absolute atomic E-state index is 0.170. The SMILES string of the molecule is CC1(Oc2ccc(Br)cc2O)CCNCC1. The minimum Gasteiger partial charge on any atom is -0.504 e. The Kier molecular flexibility index (Phi) is 3.40. The lowest BCUT2D eigenvalue weighted by Gasteiger charge is -2.34. The smallest absolute Gasteiger partial charge is 0.161 e. The van der Waals surface area contributed by atoms with E-state index in [1.54, 1.807) is 12.1 Å². The number of halogens is 1. The zero-order valence-corrected chi connectivity index (χ0v) is 10.9. The molecule has 1 aromatic rings. The maximum Gasteiger partial charge on any atom is 0.161 e. The number of hydrogen-bond donors (Lipinski definition) is 2. The molecule has 2 N–H and O–H groups in total. The fraction of sp³-hybridized carbons (Fsp3) is 0.500. The third-order valence-electron chi connectivity index (χ3n) is 2.94. The van der Waals surface area contributed by atoms with Gasteiger partial charge in [-0.3, -0.25) is 0 Å². The number of phenolic OH excluding ortho intramolecular Hbond substituents is 1. The second-order valence-corrected chi connectivity index (χ2v) is 5.33. The molecule has 1 aliphatic heterocycles. The van der Waals surface area contributed by atoms with Gasteiger partial charge in [0.1, 0.15) is 5.60 Å². The quantitative estimate of drug-likeness (QED) is 0.878. The van der Waals surface area contributed by atoms with E-state index < -0.39 is 0 Å². The molecular weight excluding hydrogens is 270 g/mol. The molecule has 0 unspecified atom stereocenters. The lowest BCUT2D eigenvalue weighted by Crippen LogP contribution is -2.43. The largest absolute Gasteiger partial charge is 0.504 e. The molecule has 1 saturated heterocycles. The third-order valence-corrected chi connectivity index (χ3v) is 3.43. The Morgan fingerprint density at radius 2 is 2.06 bits per heavy atom. The normalized spacial score (nSPS) is 19.4. The molecule has 1 fully saturated rings. The van der Waals surface area contributed by atoms with Crippen molar-refractivity contribution in [3.63, 3.8) is 0 Å². The maximum absolute atomic E-state index is 9.77. The van der Waals surface area contributed by atoms with E-state index >= 15 is 0 Å². The van der Waals surface area contributed by atoms with Gasteiger partial charge >= 0.3 is 0 Å². The zero-order valence-electron chi connectivity index (χ0n) is 9.29. The molecule has 0 radical (unpaired) electrons. The maximum atomic E-state index is 9.77. The van der Waals surface area contributed by atoms with Crippen LogP contribution in [0.2, 0.25) is 0 Å². The van der Waals surface area contributed by atoms with Crippen LogP contribution in [-0.2, 0) is 0 Å². The summed E-state index contributed by atoms with van der Waals surface area (Å²) in [5.74, 6) is 0.752. The molecule has 16 heavy (non-hydrogen) atoms. The highest BCUT2D eigenvalue weighted by Gasteiger charge is 2.29. The minimum atomic E-state index is -0.170. The number of phenols is 1. The molecule has 0 spiro atoms. The third kappa shape index (κ3) is 2.68. The van der Waals surface area contributed by atoms with Crippen molar-refractivity contribution in [2.75, 3.05) is 13.1 Å². The summed E-state index contributed by atoms with van der Waals surface area (Å²) in [7, 11) is 0. The van der Waals surface area contributed by atoms with Crippen molar-refractivity contribution in [2.24, 2.45) is 0 Å². The van der Waals surface area contributed by atoms with Crippen LogP contribution in [-0.4, -0.2) is 23.8 Å². The summed E-state index contributed by atoms with van der Waals surface area (Å²) in [5.41, 5.74) is -0.170. The molecule has 2 rings (SSSR count). The number of benzene rings is 1. The van der Waals surface area contributed by atoms with Crippen LogP contribution >= 0.6 is 15.9 Å². The highest BCUT2D eigenvalue weighted by Crippen LogP contribution is 2.34. The van der Waals surface area contributed by atoms with Gasteiger partial charge < -0.3 is 15.2 Å². The molecule has 0 aromatic heterocycles. The van der Waals surface area contributed by atoms with Crippen LogP contribution in [0.5, 0.6) is 11.5 Å². The van der Waals surface area contributed by atoms with Gasteiger partial charge in [0.2, 0.25) is 0 Å². The van der Waals surface area contributed by atoms with Crippen LogP contribution in [0.3, 0.4) is 0 Å². The Morgan fingerprint density at radius 3 is 2.69 bits per heavy atom. The van der Waals surface area contributed by atoms with E-state index in [-0.39, 0.29) is 11.4 Å². The van der Waals surface area contributed by atoms with Gasteiger partial charge in [-0.1, -0.05) is 15.9 Å². The Labute approximate surface area is 104 Å². The van der Waals surface area contributed by atoms with Crippen molar-refractivity contribution >= 4 is 15.9 Å². The lowest BCUT2D eigenvalue weighted by atomic mass is 9.94. The molecule has 1 heterocycles. The van der Waals surface area contributed by atoms with E-state index in [4.69, 9.17) is 4.74 Å². The number of ether oxygens (including phenoxy) is 1. The second-order valence-electron chi connectivity index (χ2n) is 4.41. The van der Waals surface area contributed by atoms with Crippen LogP contribution < -0.4 is 10.1 Å². The van der Waals surface area contributed by atoms with Gasteiger partial charge in [-0.2, -0.15) is 0 Å². The highest BCUT2D eigenvalue weighted by atomic mass is 79.9. The number of hydrogen-bond acceptors (Lipinski definition) is 3. The molecule has 1 aromatic carbocycles. The number of nitrogens with one attached hydrogen (secondary N) is 1. The molecule has 1 aliphatic rings. The molecule has 3 nitrogen and oxygen atoms in total. The van der Waals surface area contributed by atoms with Crippen molar-refractivity contribution in [2.45, 2.75) is 25.4 Å². The topological polar surface area (TPSA) is 41.5 Å². The predicted octanol–water partition coefficient (Wildman–Crippen LogP) is 2.68. The summed E-state index contributed by atoms with van der Waals surface area (Å²) in [4.78, 5) is 0. The molecular formula is C12H16BrNO2. The monoisotopic (exact) mass is 285 g/mol. The van der Waals surface area contributed by atoms with Gasteiger partial charge in [-0.15, -0.1) is 0 Å². The van der Waals surface area contributed by atoms with E-state index in [1.165, 1.54) is 0 Å². The van der Waals surface area contributed by atoms with E-state index in [0.29, 0.717) is 5.75 Å². The van der Waals surface area contributed by atoms with Crippen molar-refractivity contribution in [3.05, 3.63) is 22.7 Å². The van der Waals surface area contributed by atoms with E-state index in [9.17, 15) is 5.11 Å². The van der Waals surface area contributed by atoms with Crippen LogP contribution in [0, 0.1) is 0 Å². The predicted molar refractivity (Wildman–Crippen MR) is 66.9 cm³/mol. The van der Waals surface area contributed by atoms with E-state index in [2.05, 4.69) is 28.2 Å². The molecule has 0 amide bonds. The average Bonchev–Trinajstić information content (AvgIpc) is 2.23. The van der Waals surface area contributed by atoms with Crippen LogP contribution in [0.15, 0.2) is 22.7 Å². The van der Waals surface area contributed by atoms with Gasteiger partial charge in [-0.25, -0.2) is 0 Å². The fourth-order valence-electron chi connectivity index (χ4n) is 1.90. The summed E-state index contributed by atoms with van der Waals surface area (Å²) in [6, 6.07) is 5.33. The zero-order chi connectivity index (χ0) is 11.6. The lowest BCUT2D eigenvalue weighted by molar-refractivity contribution is 0.0527. The molecule has 0 aliphatic carbocycles. The second kappa shape index (κ2) is 4.63. The van der Waals surface area contributed by atoms with Gasteiger partial charge in [0.05, 0.1) is 0 Å². The first kappa shape index (κ1) is 11.7. The Hall–Kier alpha value is -0.740. The summed E-state index contributed by atoms with van der Waals surface area (Å²) in [6.45, 7) is 4.02. The number of aromatic hydroxyl groups is 1. The molecule has 0 bridgehead atoms. The van der Waals surface area contributed by atoms with Crippen LogP contribution in [0.4, 0.5) is 0 Å². The van der Waals surface area contributed by atoms with Crippen molar-refractivity contribution in [1.29, 1.82) is 0 Å². The first-order valence-electron chi connectivity index (χ1n) is 5.47. The number of piperidine rings is 1. The Bertz CT molecular complexity index is 375. The molecule has 0 saturated carbocycles. The van der Waals surface area contributed by atoms with Crippen LogP contribution in [0.1, 0.15) is 19.8 Å². The van der Waals surface area contributed by atoms with Crippen molar-refractivity contribution in [1.82, 2.24) is 5.32 Å². The van der Waals surface area contributed by atoms with Gasteiger partial charge in [-0.05, 0) is 51.1 Å². The molecule has 88 valence electrons. The van der Waals surface area contributed by atoms with Gasteiger partial charge in [0.15, 0.2) is 11.5 Å². The first-order chi connectivity index (χ1) is 7.59. The van der Waals surface area contributed by atoms with E-state index in [0.717, 1.165) is 30.4 Å². The first-order valence-corrected chi connectivity index (χ1v) is 6.27. The van der Waals surface area contributed by atoms with Crippen molar-refractivity contribution < 1.29 is 9.84 Å².